The Kier molecular flexibility index (Phi) is 3.42. The fraction of sp³-hybridized carbons (Fsp3) is 0.333. The van der Waals surface area contributed by atoms with Gasteiger partial charge < -0.3 is 14.8 Å². The molecule has 23 heavy (non-hydrogen) atoms. The van der Waals surface area contributed by atoms with Crippen molar-refractivity contribution in [1.82, 2.24) is 9.78 Å². The molecule has 1 aromatic heterocycles. The van der Waals surface area contributed by atoms with Crippen LogP contribution in [-0.4, -0.2) is 28.2 Å². The van der Waals surface area contributed by atoms with E-state index in [1.807, 2.05) is 26.1 Å². The molecule has 2 aliphatic rings. The number of carbonyl (C=O) groups is 1. The number of benzene rings is 1. The number of aromatic nitrogens is 2. The quantitative estimate of drug-likeness (QED) is 0.855. The van der Waals surface area contributed by atoms with E-state index in [-0.39, 0.29) is 18.0 Å². The Morgan fingerprint density at radius 1 is 1.43 bits per heavy atom. The molecule has 8 heteroatoms. The molecule has 2 aliphatic heterocycles. The molecule has 3 heterocycles. The first-order valence-corrected chi connectivity index (χ1v) is 8.51. The number of aryl methyl sites for hydroxylation is 2. The summed E-state index contributed by atoms with van der Waals surface area (Å²) in [5, 5.41) is 7.83. The Morgan fingerprint density at radius 2 is 2.26 bits per heavy atom. The molecule has 0 aliphatic carbocycles. The Bertz CT molecular complexity index is 821. The van der Waals surface area contributed by atoms with E-state index in [9.17, 15) is 4.79 Å². The van der Waals surface area contributed by atoms with Crippen LogP contribution in [0, 0.1) is 6.92 Å². The Hall–Kier alpha value is -1.86. The number of amides is 1. The first kappa shape index (κ1) is 14.7. The molecule has 0 bridgehead atoms. The van der Waals surface area contributed by atoms with Crippen molar-refractivity contribution in [2.75, 3.05) is 17.9 Å². The highest BCUT2D eigenvalue weighted by molar-refractivity contribution is 8.00. The first-order valence-electron chi connectivity index (χ1n) is 7.08. The zero-order chi connectivity index (χ0) is 16.1. The van der Waals surface area contributed by atoms with Crippen molar-refractivity contribution in [3.05, 3.63) is 34.0 Å². The summed E-state index contributed by atoms with van der Waals surface area (Å²) in [5.74, 6) is 2.28. The molecule has 120 valence electrons. The highest BCUT2D eigenvalue weighted by atomic mass is 35.5. The van der Waals surface area contributed by atoms with E-state index in [0.717, 1.165) is 22.6 Å². The average molecular weight is 352 g/mol. The highest BCUT2D eigenvalue weighted by Gasteiger charge is 2.31. The van der Waals surface area contributed by atoms with Crippen molar-refractivity contribution < 1.29 is 14.3 Å². The number of rotatable bonds is 1. The minimum absolute atomic E-state index is 0.0337. The number of thioether (sulfide) groups is 1. The van der Waals surface area contributed by atoms with Crippen molar-refractivity contribution in [3.8, 4) is 11.5 Å². The molecule has 1 aromatic carbocycles. The van der Waals surface area contributed by atoms with Crippen LogP contribution in [0.5, 0.6) is 11.5 Å². The number of fused-ring (bicyclic) bond motifs is 2. The predicted octanol–water partition coefficient (Wildman–Crippen LogP) is 2.89. The zero-order valence-electron chi connectivity index (χ0n) is 12.6. The van der Waals surface area contributed by atoms with Crippen molar-refractivity contribution in [3.63, 3.8) is 0 Å². The molecule has 4 rings (SSSR count). The molecule has 0 fully saturated rings. The van der Waals surface area contributed by atoms with Crippen LogP contribution in [0.25, 0.3) is 0 Å². The van der Waals surface area contributed by atoms with Gasteiger partial charge in [-0.15, -0.1) is 11.8 Å². The number of ether oxygens (including phenoxy) is 2. The van der Waals surface area contributed by atoms with Crippen LogP contribution in [0.15, 0.2) is 12.1 Å². The average Bonchev–Trinajstić information content (AvgIpc) is 3.01. The van der Waals surface area contributed by atoms with Crippen LogP contribution >= 0.6 is 23.4 Å². The Balaban J connectivity index is 1.86. The van der Waals surface area contributed by atoms with Crippen molar-refractivity contribution in [1.29, 1.82) is 0 Å². The lowest BCUT2D eigenvalue weighted by Crippen LogP contribution is -2.15. The van der Waals surface area contributed by atoms with Gasteiger partial charge in [0.05, 0.1) is 21.7 Å². The molecule has 2 aromatic rings. The summed E-state index contributed by atoms with van der Waals surface area (Å²) in [5.41, 5.74) is 2.85. The van der Waals surface area contributed by atoms with Gasteiger partial charge in [-0.25, -0.2) is 0 Å². The minimum atomic E-state index is -0.0513. The first-order chi connectivity index (χ1) is 11.0. The van der Waals surface area contributed by atoms with Gasteiger partial charge in [0.1, 0.15) is 5.82 Å². The maximum Gasteiger partial charge on any atom is 0.235 e. The number of nitrogens with zero attached hydrogens (tertiary/aromatic N) is 2. The van der Waals surface area contributed by atoms with E-state index in [0.29, 0.717) is 22.3 Å². The zero-order valence-corrected chi connectivity index (χ0v) is 14.1. The molecule has 1 amide bonds. The summed E-state index contributed by atoms with van der Waals surface area (Å²) >= 11 is 7.87. The van der Waals surface area contributed by atoms with Gasteiger partial charge in [-0.1, -0.05) is 11.6 Å². The van der Waals surface area contributed by atoms with Crippen LogP contribution in [-0.2, 0) is 11.8 Å². The van der Waals surface area contributed by atoms with Gasteiger partial charge in [0.2, 0.25) is 12.7 Å². The maximum atomic E-state index is 12.0. The minimum Gasteiger partial charge on any atom is -0.454 e. The smallest absolute Gasteiger partial charge is 0.235 e. The van der Waals surface area contributed by atoms with Gasteiger partial charge in [0, 0.05) is 12.6 Å². The standard InChI is InChI=1S/C15H14ClN3O3S/c1-7-12-14(23-5-11(20)17-15(12)19(2)18-7)8-3-9(16)13-10(4-8)21-6-22-13/h3-4,14H,5-6H2,1-2H3,(H,17,20). The van der Waals surface area contributed by atoms with Crippen LogP contribution in [0.1, 0.15) is 22.1 Å². The summed E-state index contributed by atoms with van der Waals surface area (Å²) in [4.78, 5) is 12.0. The fourth-order valence-electron chi connectivity index (χ4n) is 2.95. The van der Waals surface area contributed by atoms with Crippen LogP contribution < -0.4 is 14.8 Å². The van der Waals surface area contributed by atoms with Gasteiger partial charge in [-0.05, 0) is 24.6 Å². The van der Waals surface area contributed by atoms with E-state index in [1.165, 1.54) is 0 Å². The summed E-state index contributed by atoms with van der Waals surface area (Å²) < 4.78 is 12.5. The highest BCUT2D eigenvalue weighted by Crippen LogP contribution is 2.48. The van der Waals surface area contributed by atoms with Crippen molar-refractivity contribution in [2.45, 2.75) is 12.2 Å². The van der Waals surface area contributed by atoms with Crippen LogP contribution in [0.3, 0.4) is 0 Å². The lowest BCUT2D eigenvalue weighted by atomic mass is 10.0. The molecular weight excluding hydrogens is 338 g/mol. The molecule has 1 atom stereocenters. The van der Waals surface area contributed by atoms with Gasteiger partial charge in [-0.3, -0.25) is 9.48 Å². The second kappa shape index (κ2) is 5.35. The van der Waals surface area contributed by atoms with E-state index in [2.05, 4.69) is 10.4 Å². The third kappa shape index (κ3) is 2.35. The largest absolute Gasteiger partial charge is 0.454 e. The lowest BCUT2D eigenvalue weighted by molar-refractivity contribution is -0.113. The maximum absolute atomic E-state index is 12.0. The van der Waals surface area contributed by atoms with Gasteiger partial charge in [0.25, 0.3) is 0 Å². The summed E-state index contributed by atoms with van der Waals surface area (Å²) in [6.45, 7) is 2.12. The summed E-state index contributed by atoms with van der Waals surface area (Å²) in [7, 11) is 1.83. The molecular formula is C15H14ClN3O3S. The number of hydrogen-bond donors (Lipinski definition) is 1. The van der Waals surface area contributed by atoms with E-state index < -0.39 is 0 Å². The van der Waals surface area contributed by atoms with Crippen LogP contribution in [0.2, 0.25) is 5.02 Å². The molecule has 1 N–H and O–H groups in total. The number of carbonyl (C=O) groups excluding carboxylic acids is 1. The number of hydrogen-bond acceptors (Lipinski definition) is 5. The monoisotopic (exact) mass is 351 g/mol. The molecule has 6 nitrogen and oxygen atoms in total. The van der Waals surface area contributed by atoms with E-state index >= 15 is 0 Å². The van der Waals surface area contributed by atoms with E-state index in [4.69, 9.17) is 21.1 Å². The molecule has 0 radical (unpaired) electrons. The molecule has 0 saturated carbocycles. The third-order valence-electron chi connectivity index (χ3n) is 3.92. The second-order valence-electron chi connectivity index (χ2n) is 5.45. The molecule has 0 saturated heterocycles. The third-order valence-corrected chi connectivity index (χ3v) is 5.47. The predicted molar refractivity (Wildman–Crippen MR) is 88.5 cm³/mol. The van der Waals surface area contributed by atoms with Crippen molar-refractivity contribution in [2.24, 2.45) is 7.05 Å². The van der Waals surface area contributed by atoms with Gasteiger partial charge in [-0.2, -0.15) is 5.10 Å². The van der Waals surface area contributed by atoms with E-state index in [1.54, 1.807) is 16.4 Å². The Labute approximate surface area is 142 Å². The van der Waals surface area contributed by atoms with Crippen molar-refractivity contribution >= 4 is 35.1 Å². The SMILES string of the molecule is Cc1nn(C)c2c1C(c1cc(Cl)c3c(c1)OCO3)SCC(=O)N2. The lowest BCUT2D eigenvalue weighted by Gasteiger charge is -2.16. The number of anilines is 1. The Morgan fingerprint density at radius 3 is 3.09 bits per heavy atom. The van der Waals surface area contributed by atoms with Crippen LogP contribution in [0.4, 0.5) is 5.82 Å². The normalized spacial score (nSPS) is 19.3. The van der Waals surface area contributed by atoms with Gasteiger partial charge in [0.15, 0.2) is 11.5 Å². The molecule has 1 unspecified atom stereocenters. The fourth-order valence-corrected chi connectivity index (χ4v) is 4.39. The van der Waals surface area contributed by atoms with Gasteiger partial charge >= 0.3 is 0 Å². The topological polar surface area (TPSA) is 65.4 Å². The summed E-state index contributed by atoms with van der Waals surface area (Å²) in [6.07, 6.45) is 0. The second-order valence-corrected chi connectivity index (χ2v) is 6.95. The number of nitrogens with one attached hydrogen (secondary N) is 1. The molecule has 0 spiro atoms. The number of halogens is 1. The summed E-state index contributed by atoms with van der Waals surface area (Å²) in [6, 6.07) is 3.80.